The van der Waals surface area contributed by atoms with Gasteiger partial charge in [0, 0.05) is 13.1 Å². The van der Waals surface area contributed by atoms with Crippen LogP contribution in [-0.2, 0) is 13.0 Å². The predicted molar refractivity (Wildman–Crippen MR) is 104 cm³/mol. The van der Waals surface area contributed by atoms with E-state index in [1.165, 1.54) is 0 Å². The molecule has 0 aliphatic carbocycles. The summed E-state index contributed by atoms with van der Waals surface area (Å²) in [6.07, 6.45) is 0.865. The number of aliphatic imine (C=N–C) groups is 1. The number of hydrogen-bond acceptors (Lipinski definition) is 4. The fraction of sp³-hybridized carbons (Fsp3) is 0.500. The molecule has 0 bridgehead atoms. The fourth-order valence-corrected chi connectivity index (χ4v) is 2.38. The average molecular weight is 358 g/mol. The smallest absolute Gasteiger partial charge is 0.191 e. The van der Waals surface area contributed by atoms with Crippen molar-refractivity contribution < 1.29 is 9.26 Å². The summed E-state index contributed by atoms with van der Waals surface area (Å²) in [6.45, 7) is 9.70. The van der Waals surface area contributed by atoms with Crippen molar-refractivity contribution in [1.29, 1.82) is 0 Å². The van der Waals surface area contributed by atoms with Crippen LogP contribution in [0.2, 0.25) is 0 Å². The van der Waals surface area contributed by atoms with Crippen LogP contribution < -0.4 is 15.4 Å². The Morgan fingerprint density at radius 2 is 1.96 bits per heavy atom. The van der Waals surface area contributed by atoms with E-state index < -0.39 is 0 Å². The molecule has 1 heterocycles. The molecule has 6 nitrogen and oxygen atoms in total. The van der Waals surface area contributed by atoms with Gasteiger partial charge in [-0.25, -0.2) is 0 Å². The van der Waals surface area contributed by atoms with Gasteiger partial charge in [-0.2, -0.15) is 0 Å². The molecule has 0 saturated carbocycles. The number of benzene rings is 1. The van der Waals surface area contributed by atoms with E-state index in [0.29, 0.717) is 18.4 Å². The van der Waals surface area contributed by atoms with E-state index in [2.05, 4.69) is 60.6 Å². The molecular formula is C20H30N4O2. The first-order chi connectivity index (χ1) is 12.5. The van der Waals surface area contributed by atoms with E-state index in [1.807, 2.05) is 18.2 Å². The maximum absolute atomic E-state index is 5.73. The van der Waals surface area contributed by atoms with Crippen molar-refractivity contribution >= 4 is 5.96 Å². The van der Waals surface area contributed by atoms with E-state index >= 15 is 0 Å². The number of nitrogens with one attached hydrogen (secondary N) is 2. The Balaban J connectivity index is 1.86. The first-order valence-electron chi connectivity index (χ1n) is 9.16. The molecular weight excluding hydrogens is 328 g/mol. The van der Waals surface area contributed by atoms with Gasteiger partial charge in [0.2, 0.25) is 0 Å². The summed E-state index contributed by atoms with van der Waals surface area (Å²) < 4.78 is 11.0. The van der Waals surface area contributed by atoms with Crippen molar-refractivity contribution in [3.8, 4) is 5.75 Å². The third-order valence-electron chi connectivity index (χ3n) is 3.94. The molecule has 1 atom stereocenters. The minimum atomic E-state index is 0.112. The van der Waals surface area contributed by atoms with E-state index in [0.717, 1.165) is 35.8 Å². The molecule has 142 valence electrons. The summed E-state index contributed by atoms with van der Waals surface area (Å²) in [5, 5.41) is 10.6. The zero-order valence-electron chi connectivity index (χ0n) is 16.4. The van der Waals surface area contributed by atoms with Crippen LogP contribution in [0.4, 0.5) is 0 Å². The second-order valence-electron chi connectivity index (χ2n) is 6.70. The maximum atomic E-state index is 5.73. The van der Waals surface area contributed by atoms with Crippen LogP contribution >= 0.6 is 0 Å². The van der Waals surface area contributed by atoms with Gasteiger partial charge in [0.05, 0.1) is 24.9 Å². The Bertz CT molecular complexity index is 692. The molecule has 2 rings (SSSR count). The number of guanidine groups is 1. The Labute approximate surface area is 156 Å². The zero-order chi connectivity index (χ0) is 18.9. The van der Waals surface area contributed by atoms with E-state index in [-0.39, 0.29) is 6.04 Å². The molecule has 0 aliphatic heterocycles. The summed E-state index contributed by atoms with van der Waals surface area (Å²) in [7, 11) is 1.75. The lowest BCUT2D eigenvalue weighted by Crippen LogP contribution is -2.38. The normalized spacial score (nSPS) is 12.9. The zero-order valence-corrected chi connectivity index (χ0v) is 16.4. The van der Waals surface area contributed by atoms with Crippen LogP contribution in [0.25, 0.3) is 0 Å². The highest BCUT2D eigenvalue weighted by Gasteiger charge is 2.09. The lowest BCUT2D eigenvalue weighted by molar-refractivity contribution is 0.271. The average Bonchev–Trinajstić information content (AvgIpc) is 3.11. The number of rotatable bonds is 8. The molecule has 6 heteroatoms. The number of ether oxygens (including phenoxy) is 1. The third-order valence-corrected chi connectivity index (χ3v) is 3.94. The van der Waals surface area contributed by atoms with E-state index in [4.69, 9.17) is 9.26 Å². The molecule has 0 saturated heterocycles. The summed E-state index contributed by atoms with van der Waals surface area (Å²) in [6, 6.07) is 10.2. The Morgan fingerprint density at radius 1 is 1.23 bits per heavy atom. The molecule has 1 aromatic carbocycles. The molecule has 0 fully saturated rings. The summed E-state index contributed by atoms with van der Waals surface area (Å²) in [5.74, 6) is 2.92. The topological polar surface area (TPSA) is 71.7 Å². The molecule has 1 aromatic heterocycles. The monoisotopic (exact) mass is 358 g/mol. The first-order valence-corrected chi connectivity index (χ1v) is 9.16. The maximum Gasteiger partial charge on any atom is 0.191 e. The van der Waals surface area contributed by atoms with Gasteiger partial charge in [-0.3, -0.25) is 4.99 Å². The van der Waals surface area contributed by atoms with Gasteiger partial charge in [-0.05, 0) is 37.0 Å². The van der Waals surface area contributed by atoms with Gasteiger partial charge < -0.3 is 19.9 Å². The minimum Gasteiger partial charge on any atom is -0.493 e. The Morgan fingerprint density at radius 3 is 2.54 bits per heavy atom. The molecule has 0 aliphatic rings. The van der Waals surface area contributed by atoms with Gasteiger partial charge in [0.1, 0.15) is 5.75 Å². The highest BCUT2D eigenvalue weighted by molar-refractivity contribution is 5.80. The fourth-order valence-electron chi connectivity index (χ4n) is 2.38. The van der Waals surface area contributed by atoms with Gasteiger partial charge in [-0.1, -0.05) is 38.1 Å². The largest absolute Gasteiger partial charge is 0.493 e. The predicted octanol–water partition coefficient (Wildman–Crippen LogP) is 3.70. The molecule has 2 N–H and O–H groups in total. The molecule has 1 unspecified atom stereocenters. The van der Waals surface area contributed by atoms with Gasteiger partial charge >= 0.3 is 0 Å². The third kappa shape index (κ3) is 6.10. The Kier molecular flexibility index (Phi) is 7.51. The number of aryl methyl sites for hydroxylation is 1. The first kappa shape index (κ1) is 19.8. The van der Waals surface area contributed by atoms with E-state index in [9.17, 15) is 0 Å². The van der Waals surface area contributed by atoms with Crippen molar-refractivity contribution in [3.05, 3.63) is 47.3 Å². The second kappa shape index (κ2) is 9.85. The van der Waals surface area contributed by atoms with Crippen LogP contribution in [0.3, 0.4) is 0 Å². The summed E-state index contributed by atoms with van der Waals surface area (Å²) >= 11 is 0. The Hall–Kier alpha value is -2.50. The van der Waals surface area contributed by atoms with E-state index in [1.54, 1.807) is 7.05 Å². The van der Waals surface area contributed by atoms with Crippen LogP contribution in [0.5, 0.6) is 5.75 Å². The van der Waals surface area contributed by atoms with Gasteiger partial charge in [0.15, 0.2) is 11.7 Å². The van der Waals surface area contributed by atoms with Crippen LogP contribution in [0.15, 0.2) is 39.8 Å². The van der Waals surface area contributed by atoms with Crippen molar-refractivity contribution in [2.24, 2.45) is 10.9 Å². The number of hydrogen-bond donors (Lipinski definition) is 2. The molecule has 26 heavy (non-hydrogen) atoms. The molecule has 2 aromatic rings. The van der Waals surface area contributed by atoms with Crippen molar-refractivity contribution in [2.75, 3.05) is 13.7 Å². The lowest BCUT2D eigenvalue weighted by Gasteiger charge is -2.18. The standard InChI is InChI=1S/C20H30N4O2/c1-6-17-11-19(26-24-17)12-22-20(21-5)23-15(4)16-7-9-18(10-8-16)25-13-14(2)3/h7-11,14-15H,6,12-13H2,1-5H3,(H2,21,22,23). The van der Waals surface area contributed by atoms with Crippen LogP contribution in [0.1, 0.15) is 50.8 Å². The minimum absolute atomic E-state index is 0.112. The van der Waals surface area contributed by atoms with Gasteiger partial charge in [0.25, 0.3) is 0 Å². The molecule has 0 spiro atoms. The second-order valence-corrected chi connectivity index (χ2v) is 6.70. The lowest BCUT2D eigenvalue weighted by atomic mass is 10.1. The molecule has 0 radical (unpaired) electrons. The summed E-state index contributed by atoms with van der Waals surface area (Å²) in [4.78, 5) is 4.27. The van der Waals surface area contributed by atoms with Crippen molar-refractivity contribution in [3.63, 3.8) is 0 Å². The van der Waals surface area contributed by atoms with Gasteiger partial charge in [-0.15, -0.1) is 0 Å². The number of nitrogens with zero attached hydrogens (tertiary/aromatic N) is 2. The summed E-state index contributed by atoms with van der Waals surface area (Å²) in [5.41, 5.74) is 2.12. The highest BCUT2D eigenvalue weighted by atomic mass is 16.5. The van der Waals surface area contributed by atoms with Crippen LogP contribution in [0, 0.1) is 5.92 Å². The highest BCUT2D eigenvalue weighted by Crippen LogP contribution is 2.18. The quantitative estimate of drug-likeness (QED) is 0.556. The van der Waals surface area contributed by atoms with Crippen molar-refractivity contribution in [2.45, 2.75) is 46.7 Å². The van der Waals surface area contributed by atoms with Crippen molar-refractivity contribution in [1.82, 2.24) is 15.8 Å². The SMILES string of the molecule is CCc1cc(CNC(=NC)NC(C)c2ccc(OCC(C)C)cc2)on1. The number of aromatic nitrogens is 1. The molecule has 0 amide bonds. The van der Waals surface area contributed by atoms with Crippen LogP contribution in [-0.4, -0.2) is 24.8 Å².